The molecule has 0 bridgehead atoms. The van der Waals surface area contributed by atoms with Crippen LogP contribution in [0.15, 0.2) is 29.2 Å². The molecule has 0 atom stereocenters. The number of hydrogen-bond donors (Lipinski definition) is 2. The molecule has 1 saturated heterocycles. The van der Waals surface area contributed by atoms with Gasteiger partial charge in [0, 0.05) is 30.4 Å². The van der Waals surface area contributed by atoms with Gasteiger partial charge in [-0.05, 0) is 18.2 Å². The van der Waals surface area contributed by atoms with Crippen molar-refractivity contribution in [2.24, 2.45) is 5.92 Å². The fourth-order valence-corrected chi connectivity index (χ4v) is 2.50. The Hall–Kier alpha value is -1.21. The highest BCUT2D eigenvalue weighted by Crippen LogP contribution is 2.31. The molecule has 0 aromatic heterocycles. The molecule has 0 saturated carbocycles. The molecule has 0 spiro atoms. The number of halogens is 3. The maximum atomic E-state index is 12.5. The van der Waals surface area contributed by atoms with Crippen molar-refractivity contribution in [1.82, 2.24) is 10.6 Å². The molecule has 0 radical (unpaired) electrons. The van der Waals surface area contributed by atoms with Gasteiger partial charge in [0.1, 0.15) is 0 Å². The molecule has 2 N–H and O–H groups in total. The Morgan fingerprint density at radius 2 is 2.15 bits per heavy atom. The molecule has 7 heteroatoms. The van der Waals surface area contributed by atoms with E-state index in [0.29, 0.717) is 17.4 Å². The molecule has 3 nitrogen and oxygen atoms in total. The van der Waals surface area contributed by atoms with Crippen LogP contribution < -0.4 is 10.6 Å². The molecule has 0 unspecified atom stereocenters. The molecular formula is C13H15F3N2OS. The molecular weight excluding hydrogens is 289 g/mol. The third-order valence-corrected chi connectivity index (χ3v) is 3.98. The molecule has 1 fully saturated rings. The number of alkyl halides is 3. The van der Waals surface area contributed by atoms with Gasteiger partial charge in [-0.3, -0.25) is 4.79 Å². The van der Waals surface area contributed by atoms with Crippen LogP contribution in [0.25, 0.3) is 0 Å². The largest absolute Gasteiger partial charge is 0.416 e. The first-order valence-electron chi connectivity index (χ1n) is 6.22. The van der Waals surface area contributed by atoms with Crippen LogP contribution in [-0.4, -0.2) is 31.3 Å². The summed E-state index contributed by atoms with van der Waals surface area (Å²) in [5, 5.41) is 5.88. The van der Waals surface area contributed by atoms with Crippen LogP contribution in [-0.2, 0) is 11.0 Å². The lowest BCUT2D eigenvalue weighted by Gasteiger charge is -2.27. The summed E-state index contributed by atoms with van der Waals surface area (Å²) < 4.78 is 37.6. The van der Waals surface area contributed by atoms with Crippen molar-refractivity contribution in [2.75, 3.05) is 25.4 Å². The zero-order valence-electron chi connectivity index (χ0n) is 10.7. The van der Waals surface area contributed by atoms with Crippen molar-refractivity contribution in [3.05, 3.63) is 29.8 Å². The van der Waals surface area contributed by atoms with E-state index in [4.69, 9.17) is 0 Å². The van der Waals surface area contributed by atoms with E-state index in [0.717, 1.165) is 37.0 Å². The second-order valence-corrected chi connectivity index (χ2v) is 5.69. The molecule has 110 valence electrons. The van der Waals surface area contributed by atoms with Gasteiger partial charge in [0.05, 0.1) is 11.3 Å². The van der Waals surface area contributed by atoms with E-state index in [9.17, 15) is 18.0 Å². The Morgan fingerprint density at radius 1 is 1.40 bits per heavy atom. The molecule has 2 rings (SSSR count). The van der Waals surface area contributed by atoms with Gasteiger partial charge in [-0.25, -0.2) is 0 Å². The number of thioether (sulfide) groups is 1. The van der Waals surface area contributed by atoms with Crippen molar-refractivity contribution < 1.29 is 18.0 Å². The highest BCUT2D eigenvalue weighted by molar-refractivity contribution is 8.00. The average molecular weight is 304 g/mol. The van der Waals surface area contributed by atoms with E-state index in [-0.39, 0.29) is 11.7 Å². The number of amides is 1. The predicted octanol–water partition coefficient (Wildman–Crippen LogP) is 2.13. The van der Waals surface area contributed by atoms with Gasteiger partial charge in [-0.2, -0.15) is 13.2 Å². The smallest absolute Gasteiger partial charge is 0.355 e. The number of rotatable bonds is 5. The van der Waals surface area contributed by atoms with Gasteiger partial charge in [0.2, 0.25) is 5.91 Å². The normalized spacial score (nSPS) is 15.8. The molecule has 1 amide bonds. The van der Waals surface area contributed by atoms with Gasteiger partial charge in [-0.1, -0.05) is 6.07 Å². The number of nitrogens with one attached hydrogen (secondary N) is 2. The van der Waals surface area contributed by atoms with Crippen LogP contribution >= 0.6 is 11.8 Å². The Kier molecular flexibility index (Phi) is 4.93. The fourth-order valence-electron chi connectivity index (χ4n) is 1.71. The van der Waals surface area contributed by atoms with E-state index in [1.807, 2.05) is 0 Å². The van der Waals surface area contributed by atoms with Crippen LogP contribution in [0.1, 0.15) is 5.56 Å². The van der Waals surface area contributed by atoms with Crippen molar-refractivity contribution in [3.63, 3.8) is 0 Å². The Morgan fingerprint density at radius 3 is 2.75 bits per heavy atom. The molecule has 0 aliphatic carbocycles. The quantitative estimate of drug-likeness (QED) is 0.819. The Bertz CT molecular complexity index is 475. The summed E-state index contributed by atoms with van der Waals surface area (Å²) in [6.45, 7) is 2.43. The molecule has 1 aromatic carbocycles. The monoisotopic (exact) mass is 304 g/mol. The zero-order chi connectivity index (χ0) is 14.6. The van der Waals surface area contributed by atoms with E-state index >= 15 is 0 Å². The Labute approximate surface area is 119 Å². The minimum absolute atomic E-state index is 0.126. The van der Waals surface area contributed by atoms with Crippen molar-refractivity contribution in [3.8, 4) is 0 Å². The number of benzene rings is 1. The predicted molar refractivity (Wildman–Crippen MR) is 71.5 cm³/mol. The topological polar surface area (TPSA) is 41.1 Å². The molecule has 20 heavy (non-hydrogen) atoms. The lowest BCUT2D eigenvalue weighted by molar-refractivity contribution is -0.137. The van der Waals surface area contributed by atoms with Gasteiger partial charge in [0.15, 0.2) is 0 Å². The van der Waals surface area contributed by atoms with Gasteiger partial charge in [0.25, 0.3) is 0 Å². The summed E-state index contributed by atoms with van der Waals surface area (Å²) >= 11 is 1.11. The first kappa shape index (κ1) is 15.2. The van der Waals surface area contributed by atoms with E-state index in [2.05, 4.69) is 10.6 Å². The first-order chi connectivity index (χ1) is 9.45. The summed E-state index contributed by atoms with van der Waals surface area (Å²) in [5.74, 6) is 0.443. The molecule has 1 aromatic rings. The molecule has 1 heterocycles. The summed E-state index contributed by atoms with van der Waals surface area (Å²) in [6.07, 6.45) is -4.35. The third kappa shape index (κ3) is 4.42. The van der Waals surface area contributed by atoms with Gasteiger partial charge in [-0.15, -0.1) is 11.8 Å². The fraction of sp³-hybridized carbons (Fsp3) is 0.462. The number of hydrogen-bond acceptors (Lipinski definition) is 3. The number of carbonyl (C=O) groups excluding carboxylic acids is 1. The van der Waals surface area contributed by atoms with E-state index in [1.54, 1.807) is 6.07 Å². The third-order valence-electron chi connectivity index (χ3n) is 2.99. The summed E-state index contributed by atoms with van der Waals surface area (Å²) in [7, 11) is 0. The minimum atomic E-state index is -4.35. The van der Waals surface area contributed by atoms with Crippen LogP contribution in [0.3, 0.4) is 0 Å². The van der Waals surface area contributed by atoms with Crippen LogP contribution in [0.2, 0.25) is 0 Å². The lowest BCUT2D eigenvalue weighted by Crippen LogP contribution is -2.48. The molecule has 1 aliphatic rings. The maximum absolute atomic E-state index is 12.5. The standard InChI is InChI=1S/C13H15F3N2OS/c14-13(15,16)10-2-1-3-11(4-10)20-8-12(19)18-7-9-5-17-6-9/h1-4,9,17H,5-8H2,(H,18,19). The van der Waals surface area contributed by atoms with Crippen molar-refractivity contribution >= 4 is 17.7 Å². The highest BCUT2D eigenvalue weighted by atomic mass is 32.2. The van der Waals surface area contributed by atoms with Gasteiger partial charge < -0.3 is 10.6 Å². The maximum Gasteiger partial charge on any atom is 0.416 e. The zero-order valence-corrected chi connectivity index (χ0v) is 11.5. The summed E-state index contributed by atoms with van der Waals surface area (Å²) in [4.78, 5) is 12.0. The van der Waals surface area contributed by atoms with Gasteiger partial charge >= 0.3 is 6.18 Å². The SMILES string of the molecule is O=C(CSc1cccc(C(F)(F)F)c1)NCC1CNC1. The second-order valence-electron chi connectivity index (χ2n) is 4.64. The summed E-state index contributed by atoms with van der Waals surface area (Å²) in [5.41, 5.74) is -0.691. The van der Waals surface area contributed by atoms with Crippen LogP contribution in [0, 0.1) is 5.92 Å². The van der Waals surface area contributed by atoms with E-state index < -0.39 is 11.7 Å². The first-order valence-corrected chi connectivity index (χ1v) is 7.21. The van der Waals surface area contributed by atoms with Crippen molar-refractivity contribution in [2.45, 2.75) is 11.1 Å². The van der Waals surface area contributed by atoms with E-state index in [1.165, 1.54) is 6.07 Å². The molecule has 1 aliphatic heterocycles. The minimum Gasteiger partial charge on any atom is -0.355 e. The number of carbonyl (C=O) groups is 1. The average Bonchev–Trinajstić information content (AvgIpc) is 2.34. The highest BCUT2D eigenvalue weighted by Gasteiger charge is 2.30. The second kappa shape index (κ2) is 6.49. The van der Waals surface area contributed by atoms with Crippen LogP contribution in [0.4, 0.5) is 13.2 Å². The summed E-state index contributed by atoms with van der Waals surface area (Å²) in [6, 6.07) is 5.01. The van der Waals surface area contributed by atoms with Crippen molar-refractivity contribution in [1.29, 1.82) is 0 Å². The lowest BCUT2D eigenvalue weighted by atomic mass is 10.0. The van der Waals surface area contributed by atoms with Crippen LogP contribution in [0.5, 0.6) is 0 Å². The Balaban J connectivity index is 1.79.